The molecule has 1 unspecified atom stereocenters. The number of unbranched alkanes of at least 4 members (excludes halogenated alkanes) is 7. The Bertz CT molecular complexity index is 951. The number of carbonyl (C=O) groups excluding carboxylic acids is 1. The van der Waals surface area contributed by atoms with E-state index in [2.05, 4.69) is 22.1 Å². The molecule has 0 amide bonds. The Hall–Kier alpha value is -2.34. The zero-order chi connectivity index (χ0) is 22.1. The van der Waals surface area contributed by atoms with Gasteiger partial charge in [-0.25, -0.2) is 4.98 Å². The fourth-order valence-corrected chi connectivity index (χ4v) is 3.93. The minimum atomic E-state index is -0.281. The summed E-state index contributed by atoms with van der Waals surface area (Å²) in [5.74, 6) is 0.0536. The van der Waals surface area contributed by atoms with E-state index in [0.717, 1.165) is 24.1 Å². The molecule has 7 heteroatoms. The molecule has 2 aromatic heterocycles. The zero-order valence-corrected chi connectivity index (χ0v) is 19.3. The summed E-state index contributed by atoms with van der Waals surface area (Å²) in [5.41, 5.74) is 2.36. The van der Waals surface area contributed by atoms with Crippen LogP contribution in [0.15, 0.2) is 30.3 Å². The lowest BCUT2D eigenvalue weighted by Gasteiger charge is -2.14. The van der Waals surface area contributed by atoms with E-state index in [1.54, 1.807) is 4.63 Å². The Morgan fingerprint density at radius 3 is 2.45 bits per heavy atom. The summed E-state index contributed by atoms with van der Waals surface area (Å²) in [6.45, 7) is 4.57. The summed E-state index contributed by atoms with van der Waals surface area (Å²) in [5, 5.41) is 8.15. The maximum Gasteiger partial charge on any atom is 0.306 e. The molecule has 0 fully saturated rings. The SMILES string of the molecule is CCCCCCCCCCOC(=O)CC(c1ccccc1)c1nc2c(Cl)c(C)[nH]n2n1. The number of hydrogen-bond donors (Lipinski definition) is 1. The van der Waals surface area contributed by atoms with Crippen LogP contribution >= 0.6 is 11.6 Å². The molecule has 31 heavy (non-hydrogen) atoms. The van der Waals surface area contributed by atoms with Gasteiger partial charge in [-0.05, 0) is 18.9 Å². The summed E-state index contributed by atoms with van der Waals surface area (Å²) in [6, 6.07) is 9.82. The summed E-state index contributed by atoms with van der Waals surface area (Å²) >= 11 is 6.31. The van der Waals surface area contributed by atoms with Crippen molar-refractivity contribution in [2.24, 2.45) is 0 Å². The van der Waals surface area contributed by atoms with Crippen LogP contribution < -0.4 is 0 Å². The normalized spacial score (nSPS) is 12.4. The smallest absolute Gasteiger partial charge is 0.306 e. The van der Waals surface area contributed by atoms with Gasteiger partial charge in [0.15, 0.2) is 11.5 Å². The molecular weight excluding hydrogens is 412 g/mol. The fraction of sp³-hybridized carbons (Fsp3) is 0.542. The first kappa shape index (κ1) is 23.3. The minimum absolute atomic E-state index is 0.199. The Morgan fingerprint density at radius 1 is 1.10 bits per heavy atom. The van der Waals surface area contributed by atoms with E-state index in [4.69, 9.17) is 16.3 Å². The Balaban J connectivity index is 1.54. The number of nitrogens with one attached hydrogen (secondary N) is 1. The standard InChI is InChI=1S/C24H33ClN4O2/c1-3-4-5-6-7-8-9-13-16-31-21(30)17-20(19-14-11-10-12-15-19)23-26-24-22(25)18(2)27-29(24)28-23/h10-12,14-15,20,27H,3-9,13,16-17H2,1-2H3. The molecule has 1 atom stereocenters. The molecular formula is C24H33ClN4O2. The van der Waals surface area contributed by atoms with Crippen LogP contribution in [0, 0.1) is 6.92 Å². The van der Waals surface area contributed by atoms with Crippen LogP contribution in [-0.4, -0.2) is 32.4 Å². The fourth-order valence-electron chi connectivity index (χ4n) is 3.76. The second-order valence-corrected chi connectivity index (χ2v) is 8.50. The van der Waals surface area contributed by atoms with Crippen LogP contribution in [-0.2, 0) is 9.53 Å². The van der Waals surface area contributed by atoms with Gasteiger partial charge < -0.3 is 4.74 Å². The van der Waals surface area contributed by atoms with Crippen molar-refractivity contribution < 1.29 is 9.53 Å². The van der Waals surface area contributed by atoms with Crippen LogP contribution in [0.1, 0.15) is 87.7 Å². The van der Waals surface area contributed by atoms with Gasteiger partial charge in [-0.3, -0.25) is 9.89 Å². The number of esters is 1. The zero-order valence-electron chi connectivity index (χ0n) is 18.6. The Morgan fingerprint density at radius 2 is 1.77 bits per heavy atom. The molecule has 0 aliphatic heterocycles. The average molecular weight is 445 g/mol. The molecule has 0 spiro atoms. The highest BCUT2D eigenvalue weighted by atomic mass is 35.5. The molecule has 168 valence electrons. The van der Waals surface area contributed by atoms with Gasteiger partial charge in [0, 0.05) is 0 Å². The number of halogens is 1. The molecule has 1 N–H and O–H groups in total. The Labute approximate surface area is 189 Å². The second-order valence-electron chi connectivity index (χ2n) is 8.12. The van der Waals surface area contributed by atoms with E-state index in [0.29, 0.717) is 23.1 Å². The van der Waals surface area contributed by atoms with Crippen molar-refractivity contribution in [3.05, 3.63) is 52.4 Å². The van der Waals surface area contributed by atoms with Gasteiger partial charge >= 0.3 is 5.97 Å². The highest BCUT2D eigenvalue weighted by molar-refractivity contribution is 6.34. The number of aromatic nitrogens is 4. The Kier molecular flexibility index (Phi) is 8.95. The molecule has 0 radical (unpaired) electrons. The number of rotatable bonds is 13. The summed E-state index contributed by atoms with van der Waals surface area (Å²) < 4.78 is 7.09. The van der Waals surface area contributed by atoms with Crippen LogP contribution in [0.25, 0.3) is 5.65 Å². The average Bonchev–Trinajstić information content (AvgIpc) is 3.30. The van der Waals surface area contributed by atoms with Crippen LogP contribution in [0.2, 0.25) is 5.02 Å². The molecule has 0 saturated carbocycles. The molecule has 3 aromatic rings. The van der Waals surface area contributed by atoms with Crippen molar-refractivity contribution in [2.75, 3.05) is 6.61 Å². The monoisotopic (exact) mass is 444 g/mol. The van der Waals surface area contributed by atoms with Crippen molar-refractivity contribution in [3.63, 3.8) is 0 Å². The number of nitrogens with zero attached hydrogens (tertiary/aromatic N) is 3. The third kappa shape index (κ3) is 6.57. The molecule has 0 aliphatic carbocycles. The first-order valence-corrected chi connectivity index (χ1v) is 11.8. The lowest BCUT2D eigenvalue weighted by molar-refractivity contribution is -0.144. The topological polar surface area (TPSA) is 72.3 Å². The predicted molar refractivity (Wildman–Crippen MR) is 124 cm³/mol. The number of carbonyl (C=O) groups is 1. The van der Waals surface area contributed by atoms with Crippen molar-refractivity contribution in [1.29, 1.82) is 0 Å². The number of fused-ring (bicyclic) bond motifs is 1. The van der Waals surface area contributed by atoms with Gasteiger partial charge in [0.25, 0.3) is 0 Å². The van der Waals surface area contributed by atoms with Crippen molar-refractivity contribution in [1.82, 2.24) is 19.8 Å². The van der Waals surface area contributed by atoms with Gasteiger partial charge in [-0.1, -0.05) is 93.8 Å². The molecule has 0 aliphatic rings. The van der Waals surface area contributed by atoms with Crippen LogP contribution in [0.5, 0.6) is 0 Å². The minimum Gasteiger partial charge on any atom is -0.466 e. The first-order valence-electron chi connectivity index (χ1n) is 11.4. The highest BCUT2D eigenvalue weighted by Crippen LogP contribution is 2.28. The molecule has 1 aromatic carbocycles. The summed E-state index contributed by atoms with van der Waals surface area (Å²) in [6.07, 6.45) is 9.93. The second kappa shape index (κ2) is 11.9. The van der Waals surface area contributed by atoms with E-state index in [1.165, 1.54) is 38.5 Å². The van der Waals surface area contributed by atoms with E-state index < -0.39 is 0 Å². The van der Waals surface area contributed by atoms with Crippen molar-refractivity contribution in [3.8, 4) is 0 Å². The van der Waals surface area contributed by atoms with Gasteiger partial charge in [0.2, 0.25) is 0 Å². The molecule has 0 bridgehead atoms. The van der Waals surface area contributed by atoms with Crippen LogP contribution in [0.3, 0.4) is 0 Å². The number of benzene rings is 1. The van der Waals surface area contributed by atoms with Crippen molar-refractivity contribution in [2.45, 2.75) is 77.6 Å². The third-order valence-electron chi connectivity index (χ3n) is 5.57. The number of aryl methyl sites for hydroxylation is 1. The lowest BCUT2D eigenvalue weighted by atomic mass is 9.95. The number of aromatic amines is 1. The number of ether oxygens (including phenoxy) is 1. The molecule has 6 nitrogen and oxygen atoms in total. The largest absolute Gasteiger partial charge is 0.466 e. The lowest BCUT2D eigenvalue weighted by Crippen LogP contribution is -2.14. The van der Waals surface area contributed by atoms with Crippen molar-refractivity contribution >= 4 is 23.2 Å². The molecule has 2 heterocycles. The number of H-pyrrole nitrogens is 1. The van der Waals surface area contributed by atoms with Gasteiger partial charge in [0.05, 0.1) is 24.6 Å². The van der Waals surface area contributed by atoms with Crippen LogP contribution in [0.4, 0.5) is 0 Å². The third-order valence-corrected chi connectivity index (χ3v) is 6.02. The maximum atomic E-state index is 12.6. The quantitative estimate of drug-likeness (QED) is 0.250. The molecule has 3 rings (SSSR count). The van der Waals surface area contributed by atoms with E-state index in [-0.39, 0.29) is 18.3 Å². The van der Waals surface area contributed by atoms with Gasteiger partial charge in [0.1, 0.15) is 5.02 Å². The molecule has 0 saturated heterocycles. The van der Waals surface area contributed by atoms with Gasteiger partial charge in [-0.15, -0.1) is 5.10 Å². The highest BCUT2D eigenvalue weighted by Gasteiger charge is 2.25. The number of hydrogen-bond acceptors (Lipinski definition) is 4. The van der Waals surface area contributed by atoms with E-state index >= 15 is 0 Å². The maximum absolute atomic E-state index is 12.6. The van der Waals surface area contributed by atoms with E-state index in [1.807, 2.05) is 37.3 Å². The summed E-state index contributed by atoms with van der Waals surface area (Å²) in [4.78, 5) is 17.2. The predicted octanol–water partition coefficient (Wildman–Crippen LogP) is 6.23. The van der Waals surface area contributed by atoms with E-state index in [9.17, 15) is 4.79 Å². The summed E-state index contributed by atoms with van der Waals surface area (Å²) in [7, 11) is 0. The first-order chi connectivity index (χ1) is 15.1. The van der Waals surface area contributed by atoms with Gasteiger partial charge in [-0.2, -0.15) is 4.63 Å².